The number of aliphatic hydroxyl groups is 1. The number of carbonyl (C=O) groups excluding carboxylic acids is 1. The Balaban J connectivity index is 1.60. The van der Waals surface area contributed by atoms with Crippen molar-refractivity contribution in [1.29, 1.82) is 0 Å². The minimum absolute atomic E-state index is 0.0717. The number of aromatic nitrogens is 1. The van der Waals surface area contributed by atoms with E-state index in [1.54, 1.807) is 5.51 Å². The number of nitrogens with zero attached hydrogens (tertiary/aromatic N) is 1. The second-order valence-corrected chi connectivity index (χ2v) is 7.87. The molecule has 1 aliphatic rings. The highest BCUT2D eigenvalue weighted by Crippen LogP contribution is 2.36. The van der Waals surface area contributed by atoms with Crippen LogP contribution in [-0.2, 0) is 0 Å². The summed E-state index contributed by atoms with van der Waals surface area (Å²) in [7, 11) is 0. The third-order valence-electron chi connectivity index (χ3n) is 4.61. The molecule has 6 heteroatoms. The van der Waals surface area contributed by atoms with Crippen molar-refractivity contribution in [2.75, 3.05) is 6.54 Å². The van der Waals surface area contributed by atoms with Crippen molar-refractivity contribution >= 4 is 17.2 Å². The van der Waals surface area contributed by atoms with Crippen molar-refractivity contribution in [3.63, 3.8) is 0 Å². The quantitative estimate of drug-likeness (QED) is 0.767. The molecule has 1 aliphatic carbocycles. The van der Waals surface area contributed by atoms with Crippen LogP contribution in [-0.4, -0.2) is 28.6 Å². The van der Waals surface area contributed by atoms with Gasteiger partial charge in [0, 0.05) is 12.5 Å². The number of hydrogen-bond acceptors (Lipinski definition) is 5. The summed E-state index contributed by atoms with van der Waals surface area (Å²) < 4.78 is 5.66. The van der Waals surface area contributed by atoms with E-state index in [0.29, 0.717) is 16.5 Å². The van der Waals surface area contributed by atoms with Crippen LogP contribution in [0.4, 0.5) is 0 Å². The Labute approximate surface area is 158 Å². The van der Waals surface area contributed by atoms with Crippen LogP contribution in [0.25, 0.3) is 0 Å². The van der Waals surface area contributed by atoms with E-state index in [0.717, 1.165) is 24.1 Å². The maximum absolute atomic E-state index is 12.6. The Kier molecular flexibility index (Phi) is 6.27. The zero-order chi connectivity index (χ0) is 18.5. The number of rotatable bonds is 7. The van der Waals surface area contributed by atoms with Gasteiger partial charge in [0.2, 0.25) is 0 Å². The SMILES string of the molecule is CC(C)Oc1cccc([C@H](O)CNC(=O)c2scnc2C2CCCC2)c1. The third kappa shape index (κ3) is 4.62. The second kappa shape index (κ2) is 8.64. The molecule has 2 N–H and O–H groups in total. The number of carbonyl (C=O) groups is 1. The molecule has 5 nitrogen and oxygen atoms in total. The molecular formula is C20H26N2O3S. The first kappa shape index (κ1) is 18.9. The van der Waals surface area contributed by atoms with Gasteiger partial charge in [0.25, 0.3) is 5.91 Å². The van der Waals surface area contributed by atoms with E-state index >= 15 is 0 Å². The van der Waals surface area contributed by atoms with Crippen LogP contribution in [0.15, 0.2) is 29.8 Å². The second-order valence-electron chi connectivity index (χ2n) is 7.01. The van der Waals surface area contributed by atoms with E-state index in [9.17, 15) is 9.90 Å². The number of nitrogens with one attached hydrogen (secondary N) is 1. The highest BCUT2D eigenvalue weighted by molar-refractivity contribution is 7.11. The summed E-state index contributed by atoms with van der Waals surface area (Å²) in [5, 5.41) is 13.3. The van der Waals surface area contributed by atoms with Crippen LogP contribution in [0.2, 0.25) is 0 Å². The zero-order valence-electron chi connectivity index (χ0n) is 15.3. The van der Waals surface area contributed by atoms with Crippen LogP contribution < -0.4 is 10.1 Å². The maximum Gasteiger partial charge on any atom is 0.263 e. The third-order valence-corrected chi connectivity index (χ3v) is 5.45. The lowest BCUT2D eigenvalue weighted by Crippen LogP contribution is -2.28. The number of aliphatic hydroxyl groups excluding tert-OH is 1. The average molecular weight is 375 g/mol. The number of ether oxygens (including phenoxy) is 1. The van der Waals surface area contributed by atoms with Gasteiger partial charge in [-0.1, -0.05) is 25.0 Å². The van der Waals surface area contributed by atoms with Crippen LogP contribution in [0, 0.1) is 0 Å². The molecule has 0 bridgehead atoms. The molecule has 0 saturated heterocycles. The summed E-state index contributed by atoms with van der Waals surface area (Å²) in [5.74, 6) is 0.966. The monoisotopic (exact) mass is 374 g/mol. The molecule has 26 heavy (non-hydrogen) atoms. The fourth-order valence-corrected chi connectivity index (χ4v) is 4.16. The molecule has 1 atom stereocenters. The minimum atomic E-state index is -0.780. The van der Waals surface area contributed by atoms with Gasteiger partial charge in [0.15, 0.2) is 0 Å². The lowest BCUT2D eigenvalue weighted by Gasteiger charge is -2.15. The Hall–Kier alpha value is -1.92. The molecule has 1 heterocycles. The van der Waals surface area contributed by atoms with Crippen molar-refractivity contribution in [2.45, 2.75) is 57.7 Å². The molecule has 1 amide bonds. The summed E-state index contributed by atoms with van der Waals surface area (Å²) in [6.07, 6.45) is 3.91. The predicted molar refractivity (Wildman–Crippen MR) is 103 cm³/mol. The van der Waals surface area contributed by atoms with Gasteiger partial charge in [-0.05, 0) is 44.4 Å². The number of thiazole rings is 1. The van der Waals surface area contributed by atoms with Gasteiger partial charge in [-0.3, -0.25) is 4.79 Å². The number of hydrogen-bond donors (Lipinski definition) is 2. The molecular weight excluding hydrogens is 348 g/mol. The van der Waals surface area contributed by atoms with Crippen molar-refractivity contribution in [2.24, 2.45) is 0 Å². The Morgan fingerprint density at radius 2 is 2.15 bits per heavy atom. The minimum Gasteiger partial charge on any atom is -0.491 e. The highest BCUT2D eigenvalue weighted by Gasteiger charge is 2.25. The van der Waals surface area contributed by atoms with E-state index in [2.05, 4.69) is 10.3 Å². The number of amides is 1. The van der Waals surface area contributed by atoms with Gasteiger partial charge in [-0.25, -0.2) is 4.98 Å². The molecule has 1 fully saturated rings. The lowest BCUT2D eigenvalue weighted by atomic mass is 10.0. The van der Waals surface area contributed by atoms with Gasteiger partial charge >= 0.3 is 0 Å². The Morgan fingerprint density at radius 1 is 1.38 bits per heavy atom. The van der Waals surface area contributed by atoms with Crippen molar-refractivity contribution in [1.82, 2.24) is 10.3 Å². The first-order valence-electron chi connectivity index (χ1n) is 9.21. The van der Waals surface area contributed by atoms with E-state index in [1.807, 2.05) is 38.1 Å². The molecule has 2 aromatic rings. The predicted octanol–water partition coefficient (Wildman–Crippen LogP) is 4.05. The molecule has 1 saturated carbocycles. The molecule has 1 aromatic carbocycles. The largest absolute Gasteiger partial charge is 0.491 e. The Bertz CT molecular complexity index is 738. The zero-order valence-corrected chi connectivity index (χ0v) is 16.1. The standard InChI is InChI=1S/C20H26N2O3S/c1-13(2)25-16-9-5-8-15(10-16)17(23)11-21-20(24)19-18(22-12-26-19)14-6-3-4-7-14/h5,8-10,12-14,17,23H,3-4,6-7,11H2,1-2H3,(H,21,24)/t17-/m1/s1. The van der Waals surface area contributed by atoms with Crippen molar-refractivity contribution in [3.05, 3.63) is 45.9 Å². The van der Waals surface area contributed by atoms with E-state index in [4.69, 9.17) is 4.74 Å². The van der Waals surface area contributed by atoms with Gasteiger partial charge in [0.05, 0.1) is 23.4 Å². The van der Waals surface area contributed by atoms with E-state index in [-0.39, 0.29) is 18.6 Å². The van der Waals surface area contributed by atoms with Gasteiger partial charge in [0.1, 0.15) is 10.6 Å². The van der Waals surface area contributed by atoms with Crippen molar-refractivity contribution in [3.8, 4) is 5.75 Å². The molecule has 0 spiro atoms. The number of benzene rings is 1. The normalized spacial score (nSPS) is 16.0. The van der Waals surface area contributed by atoms with Gasteiger partial charge in [-0.15, -0.1) is 11.3 Å². The summed E-state index contributed by atoms with van der Waals surface area (Å²) >= 11 is 1.38. The first-order valence-corrected chi connectivity index (χ1v) is 10.1. The molecule has 0 radical (unpaired) electrons. The van der Waals surface area contributed by atoms with Gasteiger partial charge < -0.3 is 15.2 Å². The topological polar surface area (TPSA) is 71.5 Å². The fourth-order valence-electron chi connectivity index (χ4n) is 3.37. The maximum atomic E-state index is 12.6. The highest BCUT2D eigenvalue weighted by atomic mass is 32.1. The summed E-state index contributed by atoms with van der Waals surface area (Å²) in [6, 6.07) is 7.35. The summed E-state index contributed by atoms with van der Waals surface area (Å²) in [5.41, 5.74) is 3.39. The van der Waals surface area contributed by atoms with Crippen LogP contribution in [0.5, 0.6) is 5.75 Å². The first-order chi connectivity index (χ1) is 12.5. The van der Waals surface area contributed by atoms with Crippen LogP contribution in [0.1, 0.15) is 72.5 Å². The molecule has 0 unspecified atom stereocenters. The van der Waals surface area contributed by atoms with Crippen LogP contribution in [0.3, 0.4) is 0 Å². The van der Waals surface area contributed by atoms with E-state index < -0.39 is 6.10 Å². The molecule has 3 rings (SSSR count). The lowest BCUT2D eigenvalue weighted by molar-refractivity contribution is 0.0918. The summed E-state index contributed by atoms with van der Waals surface area (Å²) in [4.78, 5) is 17.7. The average Bonchev–Trinajstić information content (AvgIpc) is 3.29. The fraction of sp³-hybridized carbons (Fsp3) is 0.500. The smallest absolute Gasteiger partial charge is 0.263 e. The van der Waals surface area contributed by atoms with Crippen molar-refractivity contribution < 1.29 is 14.6 Å². The molecule has 0 aliphatic heterocycles. The molecule has 140 valence electrons. The van der Waals surface area contributed by atoms with E-state index in [1.165, 1.54) is 24.2 Å². The van der Waals surface area contributed by atoms with Crippen LogP contribution >= 0.6 is 11.3 Å². The molecule has 1 aromatic heterocycles. The van der Waals surface area contributed by atoms with Gasteiger partial charge in [-0.2, -0.15) is 0 Å². The Morgan fingerprint density at radius 3 is 2.88 bits per heavy atom. The summed E-state index contributed by atoms with van der Waals surface area (Å²) in [6.45, 7) is 4.08.